The lowest BCUT2D eigenvalue weighted by atomic mass is 10.2. The molecule has 0 radical (unpaired) electrons. The summed E-state index contributed by atoms with van der Waals surface area (Å²) < 4.78 is 0.688. The lowest BCUT2D eigenvalue weighted by molar-refractivity contribution is -0.385. The number of nitro benzene ring substituents is 1. The Balaban J connectivity index is 3.47. The van der Waals surface area contributed by atoms with Crippen molar-refractivity contribution in [2.75, 3.05) is 0 Å². The Morgan fingerprint density at radius 3 is 2.43 bits per heavy atom. The highest BCUT2D eigenvalue weighted by Gasteiger charge is 2.20. The van der Waals surface area contributed by atoms with Gasteiger partial charge in [-0.25, -0.2) is 4.79 Å². The predicted molar refractivity (Wildman–Crippen MR) is 65.5 cm³/mol. The number of carbonyl (C=O) groups is 1. The number of nitrogens with zero attached hydrogens (tertiary/aromatic N) is 1. The van der Waals surface area contributed by atoms with Gasteiger partial charge in [0.25, 0.3) is 5.69 Å². The van der Waals surface area contributed by atoms with Crippen LogP contribution < -0.4 is 0 Å². The molecule has 0 atom stereocenters. The molecule has 0 unspecified atom stereocenters. The van der Waals surface area contributed by atoms with E-state index in [1.165, 1.54) is 12.1 Å². The van der Waals surface area contributed by atoms with E-state index in [4.69, 9.17) is 5.11 Å². The molecule has 14 heavy (non-hydrogen) atoms. The summed E-state index contributed by atoms with van der Waals surface area (Å²) in [7, 11) is 0. The second-order valence-corrected chi connectivity index (χ2v) is 4.67. The molecule has 0 aromatic heterocycles. The van der Waals surface area contributed by atoms with Gasteiger partial charge >= 0.3 is 5.97 Å². The van der Waals surface area contributed by atoms with Crippen LogP contribution in [-0.4, -0.2) is 16.0 Å². The summed E-state index contributed by atoms with van der Waals surface area (Å²) in [5, 5.41) is 19.3. The van der Waals surface area contributed by atoms with Crippen molar-refractivity contribution in [3.63, 3.8) is 0 Å². The summed E-state index contributed by atoms with van der Waals surface area (Å²) in [6, 6.07) is 2.74. The zero-order valence-corrected chi connectivity index (χ0v) is 10.8. The van der Waals surface area contributed by atoms with Gasteiger partial charge in [-0.15, -0.1) is 0 Å². The summed E-state index contributed by atoms with van der Waals surface area (Å²) in [5.74, 6) is -1.16. The average molecular weight is 419 g/mol. The van der Waals surface area contributed by atoms with Crippen LogP contribution in [0.15, 0.2) is 12.1 Å². The molecule has 7 heteroatoms. The highest BCUT2D eigenvalue weighted by atomic mass is 127. The Kier molecular flexibility index (Phi) is 3.64. The van der Waals surface area contributed by atoms with Crippen LogP contribution in [0.3, 0.4) is 0 Å². The van der Waals surface area contributed by atoms with Gasteiger partial charge in [0.15, 0.2) is 0 Å². The second-order valence-electron chi connectivity index (χ2n) is 2.35. The zero-order chi connectivity index (χ0) is 10.9. The molecule has 0 aliphatic heterocycles. The molecule has 1 aromatic rings. The molecule has 0 aliphatic carbocycles. The standard InChI is InChI=1S/C7H3I2NO4/c8-3-1-4(7(11)12)6(9)5(2-3)10(13)14/h1-2H,(H,11,12). The van der Waals surface area contributed by atoms with Crippen molar-refractivity contribution in [2.45, 2.75) is 0 Å². The number of benzene rings is 1. The van der Waals surface area contributed by atoms with Gasteiger partial charge in [0.05, 0.1) is 10.5 Å². The van der Waals surface area contributed by atoms with Crippen LogP contribution in [0.5, 0.6) is 0 Å². The van der Waals surface area contributed by atoms with Gasteiger partial charge in [0, 0.05) is 9.64 Å². The smallest absolute Gasteiger partial charge is 0.337 e. The Bertz CT molecular complexity index is 383. The Hall–Kier alpha value is -0.450. The van der Waals surface area contributed by atoms with Crippen LogP contribution >= 0.6 is 45.2 Å². The first kappa shape index (κ1) is 11.6. The number of rotatable bonds is 2. The number of halogens is 2. The highest BCUT2D eigenvalue weighted by molar-refractivity contribution is 14.1. The van der Waals surface area contributed by atoms with Crippen LogP contribution in [0.2, 0.25) is 0 Å². The fourth-order valence-electron chi connectivity index (χ4n) is 0.863. The molecule has 74 valence electrons. The first-order valence-corrected chi connectivity index (χ1v) is 5.46. The number of nitro groups is 1. The third-order valence-corrected chi connectivity index (χ3v) is 3.20. The maximum Gasteiger partial charge on any atom is 0.337 e. The average Bonchev–Trinajstić information content (AvgIpc) is 2.07. The van der Waals surface area contributed by atoms with Crippen molar-refractivity contribution in [3.8, 4) is 0 Å². The number of aromatic carboxylic acids is 1. The largest absolute Gasteiger partial charge is 0.478 e. The molecule has 0 saturated carbocycles. The molecule has 0 aliphatic rings. The number of hydrogen-bond donors (Lipinski definition) is 1. The SMILES string of the molecule is O=C(O)c1cc(I)cc([N+](=O)[O-])c1I. The van der Waals surface area contributed by atoms with Crippen LogP contribution in [0.25, 0.3) is 0 Å². The van der Waals surface area contributed by atoms with Crippen molar-refractivity contribution in [3.05, 3.63) is 35.0 Å². The van der Waals surface area contributed by atoms with Gasteiger partial charge in [0.1, 0.15) is 3.57 Å². The van der Waals surface area contributed by atoms with E-state index in [2.05, 4.69) is 0 Å². The first-order valence-electron chi connectivity index (χ1n) is 3.30. The second kappa shape index (κ2) is 4.38. The lowest BCUT2D eigenvalue weighted by Gasteiger charge is -2.01. The van der Waals surface area contributed by atoms with Gasteiger partial charge in [-0.3, -0.25) is 10.1 Å². The minimum absolute atomic E-state index is 0.0378. The van der Waals surface area contributed by atoms with Gasteiger partial charge in [-0.05, 0) is 51.2 Å². The quantitative estimate of drug-likeness (QED) is 0.454. The van der Waals surface area contributed by atoms with E-state index in [-0.39, 0.29) is 14.8 Å². The Labute approximate surface area is 106 Å². The van der Waals surface area contributed by atoms with Crippen molar-refractivity contribution in [1.82, 2.24) is 0 Å². The maximum absolute atomic E-state index is 10.7. The lowest BCUT2D eigenvalue weighted by Crippen LogP contribution is -2.03. The summed E-state index contributed by atoms with van der Waals surface area (Å²) in [6.45, 7) is 0. The Morgan fingerprint density at radius 2 is 2.00 bits per heavy atom. The van der Waals surface area contributed by atoms with E-state index < -0.39 is 10.9 Å². The van der Waals surface area contributed by atoms with Crippen LogP contribution in [-0.2, 0) is 0 Å². The molecule has 0 amide bonds. The normalized spacial score (nSPS) is 9.86. The third-order valence-electron chi connectivity index (χ3n) is 1.45. The van der Waals surface area contributed by atoms with Crippen LogP contribution in [0.1, 0.15) is 10.4 Å². The Morgan fingerprint density at radius 1 is 1.43 bits per heavy atom. The molecule has 0 spiro atoms. The van der Waals surface area contributed by atoms with E-state index >= 15 is 0 Å². The summed E-state index contributed by atoms with van der Waals surface area (Å²) >= 11 is 3.51. The van der Waals surface area contributed by atoms with Gasteiger partial charge in [-0.2, -0.15) is 0 Å². The molecular weight excluding hydrogens is 416 g/mol. The minimum atomic E-state index is -1.16. The highest BCUT2D eigenvalue weighted by Crippen LogP contribution is 2.27. The predicted octanol–water partition coefficient (Wildman–Crippen LogP) is 2.50. The fraction of sp³-hybridized carbons (Fsp3) is 0. The van der Waals surface area contributed by atoms with Crippen molar-refractivity contribution in [1.29, 1.82) is 0 Å². The molecular formula is C7H3I2NO4. The summed E-state index contributed by atoms with van der Waals surface area (Å²) in [5.41, 5.74) is -0.209. The molecule has 0 bridgehead atoms. The number of carboxylic acids is 1. The van der Waals surface area contributed by atoms with Crippen molar-refractivity contribution >= 4 is 56.8 Å². The molecule has 1 rings (SSSR count). The van der Waals surface area contributed by atoms with E-state index in [1.807, 2.05) is 22.6 Å². The van der Waals surface area contributed by atoms with Crippen molar-refractivity contribution < 1.29 is 14.8 Å². The van der Waals surface area contributed by atoms with E-state index in [1.54, 1.807) is 22.6 Å². The fourth-order valence-corrected chi connectivity index (χ4v) is 2.21. The van der Waals surface area contributed by atoms with Gasteiger partial charge in [-0.1, -0.05) is 0 Å². The maximum atomic E-state index is 10.7. The van der Waals surface area contributed by atoms with E-state index in [0.29, 0.717) is 3.57 Å². The molecule has 0 saturated heterocycles. The molecule has 0 fully saturated rings. The van der Waals surface area contributed by atoms with E-state index in [9.17, 15) is 14.9 Å². The van der Waals surface area contributed by atoms with Crippen LogP contribution in [0.4, 0.5) is 5.69 Å². The topological polar surface area (TPSA) is 80.4 Å². The third kappa shape index (κ3) is 2.32. The molecule has 1 N–H and O–H groups in total. The first-order chi connectivity index (χ1) is 6.43. The minimum Gasteiger partial charge on any atom is -0.478 e. The number of carboxylic acid groups (broad SMARTS) is 1. The number of hydrogen-bond acceptors (Lipinski definition) is 3. The van der Waals surface area contributed by atoms with E-state index in [0.717, 1.165) is 0 Å². The molecule has 0 heterocycles. The van der Waals surface area contributed by atoms with Gasteiger partial charge < -0.3 is 5.11 Å². The summed E-state index contributed by atoms with van der Waals surface area (Å²) in [4.78, 5) is 20.7. The summed E-state index contributed by atoms with van der Waals surface area (Å²) in [6.07, 6.45) is 0. The zero-order valence-electron chi connectivity index (χ0n) is 6.53. The molecule has 1 aromatic carbocycles. The monoisotopic (exact) mass is 419 g/mol. The molecule has 5 nitrogen and oxygen atoms in total. The van der Waals surface area contributed by atoms with Gasteiger partial charge in [0.2, 0.25) is 0 Å². The van der Waals surface area contributed by atoms with Crippen LogP contribution in [0, 0.1) is 17.3 Å². The van der Waals surface area contributed by atoms with Crippen molar-refractivity contribution in [2.24, 2.45) is 0 Å².